The highest BCUT2D eigenvalue weighted by molar-refractivity contribution is 7.89. The first-order chi connectivity index (χ1) is 15.0. The van der Waals surface area contributed by atoms with Gasteiger partial charge in [0.1, 0.15) is 11.5 Å². The second-order valence-corrected chi connectivity index (χ2v) is 9.59. The molecule has 3 aromatic carbocycles. The molecule has 0 fully saturated rings. The molecule has 1 amide bonds. The molecule has 4 rings (SSSR count). The van der Waals surface area contributed by atoms with Crippen molar-refractivity contribution in [3.63, 3.8) is 0 Å². The number of benzene rings is 3. The van der Waals surface area contributed by atoms with E-state index >= 15 is 0 Å². The molecule has 1 N–H and O–H groups in total. The van der Waals surface area contributed by atoms with Gasteiger partial charge < -0.3 is 10.1 Å². The number of rotatable bonds is 6. The zero-order valence-corrected chi connectivity index (χ0v) is 18.1. The molecule has 3 aromatic rings. The number of para-hydroxylation sites is 2. The zero-order valence-electron chi connectivity index (χ0n) is 17.2. The second-order valence-electron chi connectivity index (χ2n) is 7.33. The molecule has 160 valence electrons. The van der Waals surface area contributed by atoms with Crippen LogP contribution in [0, 0.1) is 0 Å². The number of sulfonamides is 1. The summed E-state index contributed by atoms with van der Waals surface area (Å²) in [6.45, 7) is 2.46. The molecular weight excluding hydrogens is 412 g/mol. The summed E-state index contributed by atoms with van der Waals surface area (Å²) in [5, 5.41) is 2.92. The molecule has 1 aliphatic rings. The first-order valence-corrected chi connectivity index (χ1v) is 11.8. The van der Waals surface area contributed by atoms with Crippen LogP contribution in [0.2, 0.25) is 0 Å². The minimum absolute atomic E-state index is 0.0803. The molecule has 0 aliphatic carbocycles. The average Bonchev–Trinajstić information content (AvgIpc) is 2.79. The number of ether oxygens (including phenoxy) is 1. The SMILES string of the molecule is CCS(=O)(=O)N1CCc2ccc(NC(=O)c3ccccc3Oc3ccccc3)cc2C1. The Morgan fingerprint density at radius 2 is 1.74 bits per heavy atom. The van der Waals surface area contributed by atoms with E-state index in [9.17, 15) is 13.2 Å². The molecule has 0 unspecified atom stereocenters. The van der Waals surface area contributed by atoms with Crippen molar-refractivity contribution >= 4 is 21.6 Å². The molecule has 0 saturated heterocycles. The van der Waals surface area contributed by atoms with Crippen molar-refractivity contribution in [1.29, 1.82) is 0 Å². The maximum absolute atomic E-state index is 13.0. The van der Waals surface area contributed by atoms with Crippen molar-refractivity contribution in [2.45, 2.75) is 19.9 Å². The fourth-order valence-corrected chi connectivity index (χ4v) is 4.66. The van der Waals surface area contributed by atoms with E-state index in [4.69, 9.17) is 4.74 Å². The van der Waals surface area contributed by atoms with Gasteiger partial charge in [0.2, 0.25) is 10.0 Å². The van der Waals surface area contributed by atoms with Crippen LogP contribution >= 0.6 is 0 Å². The quantitative estimate of drug-likeness (QED) is 0.620. The van der Waals surface area contributed by atoms with E-state index in [2.05, 4.69) is 5.32 Å². The molecule has 0 radical (unpaired) electrons. The smallest absolute Gasteiger partial charge is 0.259 e. The van der Waals surface area contributed by atoms with Crippen molar-refractivity contribution in [1.82, 2.24) is 4.31 Å². The van der Waals surface area contributed by atoms with Gasteiger partial charge in [-0.2, -0.15) is 4.31 Å². The van der Waals surface area contributed by atoms with Crippen LogP contribution in [0.3, 0.4) is 0 Å². The Balaban J connectivity index is 1.53. The lowest BCUT2D eigenvalue weighted by molar-refractivity contribution is 0.102. The van der Waals surface area contributed by atoms with Crippen molar-refractivity contribution in [2.24, 2.45) is 0 Å². The predicted molar refractivity (Wildman–Crippen MR) is 121 cm³/mol. The zero-order chi connectivity index (χ0) is 21.8. The van der Waals surface area contributed by atoms with Gasteiger partial charge in [-0.1, -0.05) is 36.4 Å². The number of fused-ring (bicyclic) bond motifs is 1. The summed E-state index contributed by atoms with van der Waals surface area (Å²) in [5.41, 5.74) is 3.05. The molecule has 1 aliphatic heterocycles. The molecular formula is C24H24N2O4S. The van der Waals surface area contributed by atoms with Gasteiger partial charge in [0.05, 0.1) is 11.3 Å². The van der Waals surface area contributed by atoms with Gasteiger partial charge in [-0.3, -0.25) is 4.79 Å². The lowest BCUT2D eigenvalue weighted by Crippen LogP contribution is -2.36. The van der Waals surface area contributed by atoms with Gasteiger partial charge in [0.15, 0.2) is 0 Å². The number of carbonyl (C=O) groups excluding carboxylic acids is 1. The van der Waals surface area contributed by atoms with Crippen LogP contribution in [0.4, 0.5) is 5.69 Å². The summed E-state index contributed by atoms with van der Waals surface area (Å²) in [6.07, 6.45) is 0.663. The molecule has 1 heterocycles. The van der Waals surface area contributed by atoms with E-state index in [1.54, 1.807) is 25.1 Å². The maximum atomic E-state index is 13.0. The van der Waals surface area contributed by atoms with E-state index in [0.717, 1.165) is 11.1 Å². The molecule has 0 aromatic heterocycles. The summed E-state index contributed by atoms with van der Waals surface area (Å²) >= 11 is 0. The van der Waals surface area contributed by atoms with E-state index in [0.29, 0.717) is 42.3 Å². The Kier molecular flexibility index (Phi) is 6.06. The fraction of sp³-hybridized carbons (Fsp3) is 0.208. The molecule has 0 bridgehead atoms. The van der Waals surface area contributed by atoms with Crippen LogP contribution in [0.25, 0.3) is 0 Å². The van der Waals surface area contributed by atoms with Gasteiger partial charge in [0, 0.05) is 18.8 Å². The largest absolute Gasteiger partial charge is 0.457 e. The standard InChI is InChI=1S/C24H24N2O4S/c1-2-31(28,29)26-15-14-18-12-13-20(16-19(18)17-26)25-24(27)22-10-6-7-11-23(22)30-21-8-4-3-5-9-21/h3-13,16H,2,14-15,17H2,1H3,(H,25,27). The molecule has 7 heteroatoms. The van der Waals surface area contributed by atoms with E-state index in [1.807, 2.05) is 54.6 Å². The number of nitrogens with zero attached hydrogens (tertiary/aromatic N) is 1. The van der Waals surface area contributed by atoms with Crippen LogP contribution in [-0.4, -0.2) is 30.9 Å². The van der Waals surface area contributed by atoms with E-state index in [-0.39, 0.29) is 11.7 Å². The Hall–Kier alpha value is -3.16. The van der Waals surface area contributed by atoms with Crippen LogP contribution in [-0.2, 0) is 23.0 Å². The minimum atomic E-state index is -3.25. The summed E-state index contributed by atoms with van der Waals surface area (Å²) in [5.74, 6) is 0.898. The number of hydrogen-bond donors (Lipinski definition) is 1. The van der Waals surface area contributed by atoms with Crippen molar-refractivity contribution in [3.8, 4) is 11.5 Å². The lowest BCUT2D eigenvalue weighted by atomic mass is 10.0. The molecule has 0 atom stereocenters. The van der Waals surface area contributed by atoms with Crippen LogP contribution < -0.4 is 10.1 Å². The van der Waals surface area contributed by atoms with Gasteiger partial charge in [0.25, 0.3) is 5.91 Å². The monoisotopic (exact) mass is 436 g/mol. The summed E-state index contributed by atoms with van der Waals surface area (Å²) in [4.78, 5) is 13.0. The number of hydrogen-bond acceptors (Lipinski definition) is 4. The highest BCUT2D eigenvalue weighted by Gasteiger charge is 2.25. The highest BCUT2D eigenvalue weighted by Crippen LogP contribution is 2.28. The third-order valence-electron chi connectivity index (χ3n) is 5.30. The lowest BCUT2D eigenvalue weighted by Gasteiger charge is -2.28. The topological polar surface area (TPSA) is 75.7 Å². The van der Waals surface area contributed by atoms with Crippen molar-refractivity contribution in [2.75, 3.05) is 17.6 Å². The highest BCUT2D eigenvalue weighted by atomic mass is 32.2. The normalized spacial score (nSPS) is 14.0. The predicted octanol–water partition coefficient (Wildman–Crippen LogP) is 4.44. The minimum Gasteiger partial charge on any atom is -0.457 e. The van der Waals surface area contributed by atoms with Gasteiger partial charge in [-0.25, -0.2) is 8.42 Å². The average molecular weight is 437 g/mol. The Bertz CT molecular complexity index is 1190. The molecule has 31 heavy (non-hydrogen) atoms. The van der Waals surface area contributed by atoms with Gasteiger partial charge in [-0.15, -0.1) is 0 Å². The third-order valence-corrected chi connectivity index (χ3v) is 7.13. The van der Waals surface area contributed by atoms with Gasteiger partial charge in [-0.05, 0) is 60.9 Å². The first kappa shape index (κ1) is 21.1. The number of anilines is 1. The summed E-state index contributed by atoms with van der Waals surface area (Å²) in [6, 6.07) is 22.0. The number of nitrogens with one attached hydrogen (secondary N) is 1. The summed E-state index contributed by atoms with van der Waals surface area (Å²) < 4.78 is 31.9. The summed E-state index contributed by atoms with van der Waals surface area (Å²) in [7, 11) is -3.25. The van der Waals surface area contributed by atoms with Crippen molar-refractivity contribution < 1.29 is 17.9 Å². The Morgan fingerprint density at radius 1 is 1.00 bits per heavy atom. The van der Waals surface area contributed by atoms with E-state index < -0.39 is 10.0 Å². The van der Waals surface area contributed by atoms with E-state index in [1.165, 1.54) is 4.31 Å². The van der Waals surface area contributed by atoms with Crippen LogP contribution in [0.15, 0.2) is 72.8 Å². The fourth-order valence-electron chi connectivity index (χ4n) is 3.59. The van der Waals surface area contributed by atoms with Gasteiger partial charge >= 0.3 is 0 Å². The maximum Gasteiger partial charge on any atom is 0.259 e. The molecule has 6 nitrogen and oxygen atoms in total. The molecule has 0 spiro atoms. The molecule has 0 saturated carbocycles. The first-order valence-electron chi connectivity index (χ1n) is 10.2. The Morgan fingerprint density at radius 3 is 2.52 bits per heavy atom. The van der Waals surface area contributed by atoms with Crippen LogP contribution in [0.1, 0.15) is 28.4 Å². The Labute approximate surface area is 182 Å². The third kappa shape index (κ3) is 4.78. The number of amides is 1. The number of carbonyl (C=O) groups is 1. The van der Waals surface area contributed by atoms with Crippen molar-refractivity contribution in [3.05, 3.63) is 89.5 Å². The second kappa shape index (κ2) is 8.91. The van der Waals surface area contributed by atoms with Crippen LogP contribution in [0.5, 0.6) is 11.5 Å².